The molecule has 0 saturated carbocycles. The lowest BCUT2D eigenvalue weighted by atomic mass is 9.89. The first-order valence-electron chi connectivity index (χ1n) is 21.1. The van der Waals surface area contributed by atoms with Gasteiger partial charge < -0.3 is 14.2 Å². The zero-order chi connectivity index (χ0) is 37.8. The van der Waals surface area contributed by atoms with Crippen molar-refractivity contribution in [1.82, 2.24) is 5.06 Å². The summed E-state index contributed by atoms with van der Waals surface area (Å²) in [5.41, 5.74) is 0.950. The molecule has 291 valence electrons. The number of esters is 1. The molecule has 4 rings (SSSR count). The minimum absolute atomic E-state index is 0.430. The molecule has 6 nitrogen and oxygen atoms in total. The van der Waals surface area contributed by atoms with Gasteiger partial charge in [0, 0.05) is 0 Å². The van der Waals surface area contributed by atoms with Crippen LogP contribution in [0.2, 0.25) is 0 Å². The smallest absolute Gasteiger partial charge is 0.343 e. The van der Waals surface area contributed by atoms with Crippen LogP contribution in [0.4, 0.5) is 0 Å². The van der Waals surface area contributed by atoms with Crippen molar-refractivity contribution in [1.29, 1.82) is 0 Å². The second kappa shape index (κ2) is 22.8. The van der Waals surface area contributed by atoms with Gasteiger partial charge in [-0.25, -0.2) is 4.79 Å². The van der Waals surface area contributed by atoms with Gasteiger partial charge in [-0.2, -0.15) is 0 Å². The number of ether oxygens (including phenoxy) is 3. The van der Waals surface area contributed by atoms with Gasteiger partial charge in [-0.1, -0.05) is 141 Å². The van der Waals surface area contributed by atoms with Gasteiger partial charge in [-0.15, -0.1) is 10.3 Å². The highest BCUT2D eigenvalue weighted by Crippen LogP contribution is 2.51. The molecule has 3 aromatic rings. The molecule has 53 heavy (non-hydrogen) atoms. The maximum Gasteiger partial charge on any atom is 0.343 e. The van der Waals surface area contributed by atoms with Crippen LogP contribution < -0.4 is 14.2 Å². The molecular formula is C47H68NO5. The molecule has 0 spiro atoms. The van der Waals surface area contributed by atoms with Gasteiger partial charge in [0.25, 0.3) is 0 Å². The predicted octanol–water partition coefficient (Wildman–Crippen LogP) is 13.3. The Bertz CT molecular complexity index is 1440. The summed E-state index contributed by atoms with van der Waals surface area (Å²) in [5, 5.41) is 15.3. The van der Waals surface area contributed by atoms with Crippen molar-refractivity contribution < 1.29 is 24.2 Å². The van der Waals surface area contributed by atoms with Crippen molar-refractivity contribution in [3.8, 4) is 17.2 Å². The average Bonchev–Trinajstić information content (AvgIpc) is 3.43. The number of unbranched alkanes of at least 4 members (excludes halogenated alkanes) is 16. The van der Waals surface area contributed by atoms with Gasteiger partial charge in [0.2, 0.25) is 0 Å². The summed E-state index contributed by atoms with van der Waals surface area (Å²) in [7, 11) is 0. The molecule has 3 aromatic carbocycles. The summed E-state index contributed by atoms with van der Waals surface area (Å²) in [6, 6.07) is 22.6. The number of benzene rings is 3. The van der Waals surface area contributed by atoms with E-state index in [0.29, 0.717) is 24.3 Å². The Morgan fingerprint density at radius 2 is 0.849 bits per heavy atom. The first-order valence-corrected chi connectivity index (χ1v) is 21.1. The topological polar surface area (TPSA) is 67.9 Å². The molecule has 0 aliphatic carbocycles. The molecule has 1 saturated heterocycles. The molecule has 0 aromatic heterocycles. The summed E-state index contributed by atoms with van der Waals surface area (Å²) in [4.78, 5) is 13.0. The lowest BCUT2D eigenvalue weighted by molar-refractivity contribution is -0.260. The first kappa shape index (κ1) is 42.4. The summed E-state index contributed by atoms with van der Waals surface area (Å²) in [5.74, 6) is 1.67. The lowest BCUT2D eigenvalue weighted by Crippen LogP contribution is -2.44. The van der Waals surface area contributed by atoms with E-state index >= 15 is 0 Å². The third-order valence-electron chi connectivity index (χ3n) is 11.3. The lowest BCUT2D eigenvalue weighted by Gasteiger charge is -2.37. The number of hydroxylamine groups is 2. The van der Waals surface area contributed by atoms with Crippen LogP contribution in [0.5, 0.6) is 17.2 Å². The number of hydrogen-bond acceptors (Lipinski definition) is 5. The van der Waals surface area contributed by atoms with E-state index in [4.69, 9.17) is 14.2 Å². The monoisotopic (exact) mass is 727 g/mol. The normalized spacial score (nSPS) is 18.7. The molecule has 0 amide bonds. The molecule has 1 aliphatic heterocycles. The van der Waals surface area contributed by atoms with Crippen LogP contribution in [0.1, 0.15) is 178 Å². The highest BCUT2D eigenvalue weighted by molar-refractivity contribution is 5.91. The van der Waals surface area contributed by atoms with E-state index in [1.165, 1.54) is 108 Å². The van der Waals surface area contributed by atoms with Gasteiger partial charge in [0.15, 0.2) is 0 Å². The van der Waals surface area contributed by atoms with Gasteiger partial charge >= 0.3 is 5.97 Å². The molecule has 0 unspecified atom stereocenters. The summed E-state index contributed by atoms with van der Waals surface area (Å²) in [6.45, 7) is 9.97. The fraction of sp³-hybridized carbons (Fsp3) is 0.596. The number of nitrogens with zero attached hydrogens (tertiary/aromatic N) is 1. The zero-order valence-corrected chi connectivity index (χ0v) is 33.5. The van der Waals surface area contributed by atoms with Crippen molar-refractivity contribution in [2.45, 2.75) is 167 Å². The third kappa shape index (κ3) is 13.2. The van der Waals surface area contributed by atoms with Crippen LogP contribution in [-0.2, 0) is 16.3 Å². The molecule has 1 heterocycles. The van der Waals surface area contributed by atoms with Crippen molar-refractivity contribution in [3.05, 3.63) is 89.5 Å². The highest BCUT2D eigenvalue weighted by Gasteiger charge is 2.52. The van der Waals surface area contributed by atoms with E-state index < -0.39 is 17.0 Å². The molecule has 1 radical (unpaired) electrons. The van der Waals surface area contributed by atoms with Crippen molar-refractivity contribution >= 4 is 5.97 Å². The van der Waals surface area contributed by atoms with E-state index in [0.717, 1.165) is 48.5 Å². The Balaban J connectivity index is 1.18. The largest absolute Gasteiger partial charge is 0.494 e. The minimum Gasteiger partial charge on any atom is -0.494 e. The molecule has 2 atom stereocenters. The summed E-state index contributed by atoms with van der Waals surface area (Å²) in [6.07, 6.45) is 24.6. The maximum absolute atomic E-state index is 14.0. The second-order valence-corrected chi connectivity index (χ2v) is 15.7. The van der Waals surface area contributed by atoms with Crippen molar-refractivity contribution in [2.75, 3.05) is 13.2 Å². The molecule has 1 fully saturated rings. The summed E-state index contributed by atoms with van der Waals surface area (Å²) < 4.78 is 17.6. The third-order valence-corrected chi connectivity index (χ3v) is 11.3. The van der Waals surface area contributed by atoms with Gasteiger partial charge in [0.1, 0.15) is 17.2 Å². The fourth-order valence-corrected chi connectivity index (χ4v) is 7.61. The van der Waals surface area contributed by atoms with E-state index in [1.54, 1.807) is 24.3 Å². The molecular weight excluding hydrogens is 659 g/mol. The second-order valence-electron chi connectivity index (χ2n) is 15.7. The van der Waals surface area contributed by atoms with E-state index in [1.807, 2.05) is 62.4 Å². The Morgan fingerprint density at radius 3 is 1.26 bits per heavy atom. The Hall–Kier alpha value is -3.35. The van der Waals surface area contributed by atoms with Gasteiger partial charge in [-0.3, -0.25) is 0 Å². The van der Waals surface area contributed by atoms with Crippen LogP contribution in [0, 0.1) is 0 Å². The standard InChI is InChI=1S/C47H68NO5/c1-5-7-9-11-13-15-17-19-21-37-51-42-29-27-41(28-30-42)47(4)36-35-46(3,48(47)50)40-25-23-39(24-26-40)45(49)53-44-33-31-43(32-34-44)52-38-22-20-18-16-14-12-10-8-6-2/h23-34H,5-22,35-38H2,1-4H3/t46-,47-/m0/s1. The molecule has 6 heteroatoms. The van der Waals surface area contributed by atoms with E-state index in [9.17, 15) is 10.0 Å². The quantitative estimate of drug-likeness (QED) is 0.0468. The Labute approximate surface area is 321 Å². The molecule has 1 aliphatic rings. The number of hydrogen-bond donors (Lipinski definition) is 0. The van der Waals surface area contributed by atoms with Crippen LogP contribution in [0.3, 0.4) is 0 Å². The maximum atomic E-state index is 14.0. The average molecular weight is 727 g/mol. The number of carbonyl (C=O) groups is 1. The van der Waals surface area contributed by atoms with E-state index in [-0.39, 0.29) is 0 Å². The van der Waals surface area contributed by atoms with Crippen LogP contribution in [0.15, 0.2) is 72.8 Å². The van der Waals surface area contributed by atoms with Gasteiger partial charge in [-0.05, 0) is 99.2 Å². The van der Waals surface area contributed by atoms with E-state index in [2.05, 4.69) is 13.8 Å². The van der Waals surface area contributed by atoms with Gasteiger partial charge in [0.05, 0.1) is 29.9 Å². The SMILES string of the molecule is CCCCCCCCCCCOc1ccc(OC(=O)c2ccc([C@]3(C)CC[C@@](C)(c4ccc(OCCCCCCCCCCC)cc4)N3[O])cc2)cc1. The summed E-state index contributed by atoms with van der Waals surface area (Å²) >= 11 is 0. The predicted molar refractivity (Wildman–Crippen MR) is 216 cm³/mol. The highest BCUT2D eigenvalue weighted by atomic mass is 16.5. The van der Waals surface area contributed by atoms with Crippen LogP contribution in [0.25, 0.3) is 0 Å². The van der Waals surface area contributed by atoms with Crippen LogP contribution >= 0.6 is 0 Å². The Morgan fingerprint density at radius 1 is 0.509 bits per heavy atom. The number of rotatable bonds is 26. The Kier molecular flexibility index (Phi) is 18.2. The van der Waals surface area contributed by atoms with Crippen molar-refractivity contribution in [2.24, 2.45) is 0 Å². The zero-order valence-electron chi connectivity index (χ0n) is 33.5. The minimum atomic E-state index is -0.716. The van der Waals surface area contributed by atoms with Crippen molar-refractivity contribution in [3.63, 3.8) is 0 Å². The van der Waals surface area contributed by atoms with Crippen LogP contribution in [-0.4, -0.2) is 24.2 Å². The fourth-order valence-electron chi connectivity index (χ4n) is 7.61. The molecule has 0 bridgehead atoms. The molecule has 0 N–H and O–H groups in total. The first-order chi connectivity index (χ1) is 25.8. The number of carbonyl (C=O) groups excluding carboxylic acids is 1.